The van der Waals surface area contributed by atoms with E-state index in [1.165, 1.54) is 0 Å². The maximum absolute atomic E-state index is 5.57. The molecule has 2 aromatic heterocycles. The number of hydrogen-bond acceptors (Lipinski definition) is 3. The highest BCUT2D eigenvalue weighted by Gasteiger charge is 2.00. The van der Waals surface area contributed by atoms with Gasteiger partial charge in [-0.15, -0.1) is 0 Å². The van der Waals surface area contributed by atoms with Crippen molar-refractivity contribution in [3.05, 3.63) is 53.0 Å². The Morgan fingerprint density at radius 1 is 1.20 bits per heavy atom. The second-order valence-corrected chi connectivity index (χ2v) is 3.69. The van der Waals surface area contributed by atoms with Crippen molar-refractivity contribution in [2.24, 2.45) is 0 Å². The van der Waals surface area contributed by atoms with Crippen molar-refractivity contribution in [1.82, 2.24) is 9.97 Å². The summed E-state index contributed by atoms with van der Waals surface area (Å²) in [6.07, 6.45) is 5.23. The molecule has 0 spiro atoms. The second-order valence-electron chi connectivity index (χ2n) is 2.94. The van der Waals surface area contributed by atoms with E-state index in [0.29, 0.717) is 11.2 Å². The molecule has 0 amide bonds. The van der Waals surface area contributed by atoms with Crippen LogP contribution in [0.5, 0.6) is 5.75 Å². The van der Waals surface area contributed by atoms with Crippen LogP contribution >= 0.6 is 15.9 Å². The lowest BCUT2D eigenvalue weighted by Crippen LogP contribution is -1.96. The molecule has 2 heterocycles. The maximum atomic E-state index is 5.57. The van der Waals surface area contributed by atoms with E-state index in [2.05, 4.69) is 25.9 Å². The number of halogens is 1. The molecule has 2 aromatic rings. The van der Waals surface area contributed by atoms with Crippen molar-refractivity contribution < 1.29 is 4.74 Å². The summed E-state index contributed by atoms with van der Waals surface area (Å²) >= 11 is 3.32. The van der Waals surface area contributed by atoms with Gasteiger partial charge in [0.25, 0.3) is 0 Å². The van der Waals surface area contributed by atoms with Crippen LogP contribution in [-0.2, 0) is 6.61 Å². The molecule has 0 unspecified atom stereocenters. The Hall–Kier alpha value is -1.42. The Labute approximate surface area is 96.3 Å². The van der Waals surface area contributed by atoms with Gasteiger partial charge in [-0.25, -0.2) is 4.98 Å². The van der Waals surface area contributed by atoms with Gasteiger partial charge in [-0.05, 0) is 34.1 Å². The van der Waals surface area contributed by atoms with Crippen LogP contribution in [0.25, 0.3) is 0 Å². The average Bonchev–Trinajstić information content (AvgIpc) is 2.29. The van der Waals surface area contributed by atoms with E-state index in [-0.39, 0.29) is 0 Å². The van der Waals surface area contributed by atoms with E-state index >= 15 is 0 Å². The molecule has 3 nitrogen and oxygen atoms in total. The zero-order valence-electron chi connectivity index (χ0n) is 7.93. The number of ether oxygens (including phenoxy) is 1. The highest BCUT2D eigenvalue weighted by atomic mass is 79.9. The quantitative estimate of drug-likeness (QED) is 0.800. The van der Waals surface area contributed by atoms with Crippen LogP contribution in [0.1, 0.15) is 5.56 Å². The molecule has 0 radical (unpaired) electrons. The first kappa shape index (κ1) is 10.1. The predicted octanol–water partition coefficient (Wildman–Crippen LogP) is 2.82. The summed E-state index contributed by atoms with van der Waals surface area (Å²) in [7, 11) is 0. The Balaban J connectivity index is 2.03. The minimum atomic E-state index is 0.498. The van der Waals surface area contributed by atoms with Crippen LogP contribution in [0.2, 0.25) is 0 Å². The predicted molar refractivity (Wildman–Crippen MR) is 60.5 cm³/mol. The average molecular weight is 265 g/mol. The number of pyridine rings is 2. The van der Waals surface area contributed by atoms with Crippen LogP contribution in [-0.4, -0.2) is 9.97 Å². The molecule has 0 atom stereocenters. The van der Waals surface area contributed by atoms with Gasteiger partial charge in [0.2, 0.25) is 0 Å². The van der Waals surface area contributed by atoms with E-state index in [1.807, 2.05) is 24.3 Å². The molecule has 76 valence electrons. The first-order valence-corrected chi connectivity index (χ1v) is 5.28. The Morgan fingerprint density at radius 3 is 2.80 bits per heavy atom. The van der Waals surface area contributed by atoms with Gasteiger partial charge < -0.3 is 4.74 Å². The SMILES string of the molecule is Brc1ncccc1OCc1cccnc1. The molecular weight excluding hydrogens is 256 g/mol. The normalized spacial score (nSPS) is 9.93. The molecule has 0 fully saturated rings. The lowest BCUT2D eigenvalue weighted by atomic mass is 10.3. The first-order chi connectivity index (χ1) is 7.36. The summed E-state index contributed by atoms with van der Waals surface area (Å²) in [5.74, 6) is 0.737. The van der Waals surface area contributed by atoms with Crippen LogP contribution in [0.3, 0.4) is 0 Å². The molecule has 0 aromatic carbocycles. The summed E-state index contributed by atoms with van der Waals surface area (Å²) in [5.41, 5.74) is 1.04. The fourth-order valence-electron chi connectivity index (χ4n) is 1.12. The molecular formula is C11H9BrN2O. The molecule has 0 N–H and O–H groups in total. The van der Waals surface area contributed by atoms with Crippen molar-refractivity contribution in [2.45, 2.75) is 6.61 Å². The van der Waals surface area contributed by atoms with Gasteiger partial charge in [0.05, 0.1) is 0 Å². The van der Waals surface area contributed by atoms with Gasteiger partial charge >= 0.3 is 0 Å². The Morgan fingerprint density at radius 2 is 2.07 bits per heavy atom. The third-order valence-corrected chi connectivity index (χ3v) is 2.44. The molecule has 15 heavy (non-hydrogen) atoms. The van der Waals surface area contributed by atoms with E-state index in [0.717, 1.165) is 11.3 Å². The van der Waals surface area contributed by atoms with E-state index in [9.17, 15) is 0 Å². The lowest BCUT2D eigenvalue weighted by molar-refractivity contribution is 0.302. The molecule has 2 rings (SSSR count). The van der Waals surface area contributed by atoms with E-state index < -0.39 is 0 Å². The third kappa shape index (κ3) is 2.76. The van der Waals surface area contributed by atoms with E-state index in [1.54, 1.807) is 18.6 Å². The highest BCUT2D eigenvalue weighted by Crippen LogP contribution is 2.21. The molecule has 0 aliphatic rings. The maximum Gasteiger partial charge on any atom is 0.152 e. The Kier molecular flexibility index (Phi) is 3.29. The lowest BCUT2D eigenvalue weighted by Gasteiger charge is -2.06. The largest absolute Gasteiger partial charge is 0.486 e. The molecule has 0 aliphatic heterocycles. The molecule has 0 bridgehead atoms. The molecule has 0 saturated carbocycles. The minimum absolute atomic E-state index is 0.498. The fourth-order valence-corrected chi connectivity index (χ4v) is 1.49. The van der Waals surface area contributed by atoms with Gasteiger partial charge in [-0.2, -0.15) is 0 Å². The zero-order valence-corrected chi connectivity index (χ0v) is 9.52. The standard InChI is InChI=1S/C11H9BrN2O/c12-11-10(4-2-6-14-11)15-8-9-3-1-5-13-7-9/h1-7H,8H2. The summed E-state index contributed by atoms with van der Waals surface area (Å²) in [4.78, 5) is 8.08. The molecule has 0 aliphatic carbocycles. The minimum Gasteiger partial charge on any atom is -0.486 e. The van der Waals surface area contributed by atoms with Crippen molar-refractivity contribution in [2.75, 3.05) is 0 Å². The van der Waals surface area contributed by atoms with Gasteiger partial charge in [-0.1, -0.05) is 6.07 Å². The number of rotatable bonds is 3. The summed E-state index contributed by atoms with van der Waals surface area (Å²) in [5, 5.41) is 0. The monoisotopic (exact) mass is 264 g/mol. The van der Waals surface area contributed by atoms with Gasteiger partial charge in [-0.3, -0.25) is 4.98 Å². The third-order valence-electron chi connectivity index (χ3n) is 1.84. The summed E-state index contributed by atoms with van der Waals surface area (Å²) < 4.78 is 6.29. The Bertz CT molecular complexity index is 434. The van der Waals surface area contributed by atoms with Crippen molar-refractivity contribution in [3.8, 4) is 5.75 Å². The molecule has 0 saturated heterocycles. The number of nitrogens with zero attached hydrogens (tertiary/aromatic N) is 2. The molecule has 4 heteroatoms. The van der Waals surface area contributed by atoms with Crippen LogP contribution < -0.4 is 4.74 Å². The van der Waals surface area contributed by atoms with Crippen LogP contribution in [0.4, 0.5) is 0 Å². The van der Waals surface area contributed by atoms with Gasteiger partial charge in [0.15, 0.2) is 5.75 Å². The van der Waals surface area contributed by atoms with Crippen molar-refractivity contribution >= 4 is 15.9 Å². The van der Waals surface area contributed by atoms with Crippen LogP contribution in [0.15, 0.2) is 47.5 Å². The van der Waals surface area contributed by atoms with Gasteiger partial charge in [0, 0.05) is 24.2 Å². The number of hydrogen-bond donors (Lipinski definition) is 0. The van der Waals surface area contributed by atoms with Crippen molar-refractivity contribution in [1.29, 1.82) is 0 Å². The van der Waals surface area contributed by atoms with E-state index in [4.69, 9.17) is 4.74 Å². The second kappa shape index (κ2) is 4.89. The van der Waals surface area contributed by atoms with Gasteiger partial charge in [0.1, 0.15) is 11.2 Å². The fraction of sp³-hybridized carbons (Fsp3) is 0.0909. The number of aromatic nitrogens is 2. The zero-order chi connectivity index (χ0) is 10.5. The topological polar surface area (TPSA) is 35.0 Å². The first-order valence-electron chi connectivity index (χ1n) is 4.48. The summed E-state index contributed by atoms with van der Waals surface area (Å²) in [6, 6.07) is 7.56. The summed E-state index contributed by atoms with van der Waals surface area (Å²) in [6.45, 7) is 0.498. The smallest absolute Gasteiger partial charge is 0.152 e. The highest BCUT2D eigenvalue weighted by molar-refractivity contribution is 9.10. The van der Waals surface area contributed by atoms with Crippen molar-refractivity contribution in [3.63, 3.8) is 0 Å². The van der Waals surface area contributed by atoms with Crippen LogP contribution in [0, 0.1) is 0 Å².